The van der Waals surface area contributed by atoms with E-state index in [4.69, 9.17) is 4.42 Å². The van der Waals surface area contributed by atoms with Gasteiger partial charge in [0.1, 0.15) is 5.76 Å². The normalized spacial score (nSPS) is 12.4. The molecule has 0 spiro atoms. The summed E-state index contributed by atoms with van der Waals surface area (Å²) in [5.41, 5.74) is 2.54. The second-order valence-corrected chi connectivity index (χ2v) is 4.84. The molecule has 0 aliphatic rings. The smallest absolute Gasteiger partial charge is 0.238 e. The van der Waals surface area contributed by atoms with Crippen molar-refractivity contribution in [3.05, 3.63) is 35.5 Å². The number of nitrogens with one attached hydrogen (secondary N) is 2. The lowest BCUT2D eigenvalue weighted by Crippen LogP contribution is -2.30. The topological polar surface area (TPSA) is 72.1 Å². The van der Waals surface area contributed by atoms with Gasteiger partial charge in [0.25, 0.3) is 0 Å². The van der Waals surface area contributed by atoms with Gasteiger partial charge in [0.05, 0.1) is 35.9 Å². The van der Waals surface area contributed by atoms with Crippen molar-refractivity contribution in [3.8, 4) is 0 Å². The highest BCUT2D eigenvalue weighted by molar-refractivity contribution is 5.93. The predicted octanol–water partition coefficient (Wildman–Crippen LogP) is 1.92. The van der Waals surface area contributed by atoms with Gasteiger partial charge in [-0.15, -0.1) is 0 Å². The van der Waals surface area contributed by atoms with Gasteiger partial charge in [-0.1, -0.05) is 0 Å². The van der Waals surface area contributed by atoms with Crippen molar-refractivity contribution in [2.24, 2.45) is 7.05 Å². The van der Waals surface area contributed by atoms with E-state index in [1.165, 1.54) is 0 Å². The molecule has 0 saturated heterocycles. The SMILES string of the molecule is Cc1nn(C)c(C)c1NC(=O)CN[C@H](C)c1ccco1. The van der Waals surface area contributed by atoms with Crippen molar-refractivity contribution < 1.29 is 9.21 Å². The van der Waals surface area contributed by atoms with Crippen molar-refractivity contribution in [2.45, 2.75) is 26.8 Å². The summed E-state index contributed by atoms with van der Waals surface area (Å²) in [5, 5.41) is 10.3. The Morgan fingerprint density at radius 3 is 2.80 bits per heavy atom. The van der Waals surface area contributed by atoms with E-state index in [9.17, 15) is 4.79 Å². The summed E-state index contributed by atoms with van der Waals surface area (Å²) < 4.78 is 7.03. The van der Waals surface area contributed by atoms with Crippen molar-refractivity contribution in [2.75, 3.05) is 11.9 Å². The lowest BCUT2D eigenvalue weighted by molar-refractivity contribution is -0.115. The van der Waals surface area contributed by atoms with E-state index in [1.807, 2.05) is 40.0 Å². The summed E-state index contributed by atoms with van der Waals surface area (Å²) >= 11 is 0. The Bertz CT molecular complexity index is 587. The van der Waals surface area contributed by atoms with Crippen LogP contribution in [0.15, 0.2) is 22.8 Å². The van der Waals surface area contributed by atoms with Gasteiger partial charge < -0.3 is 9.73 Å². The largest absolute Gasteiger partial charge is 0.468 e. The number of furan rings is 1. The quantitative estimate of drug-likeness (QED) is 0.875. The number of amides is 1. The van der Waals surface area contributed by atoms with Crippen LogP contribution >= 0.6 is 0 Å². The molecule has 0 fully saturated rings. The highest BCUT2D eigenvalue weighted by Gasteiger charge is 2.14. The summed E-state index contributed by atoms with van der Waals surface area (Å²) in [7, 11) is 1.86. The molecule has 0 saturated carbocycles. The van der Waals surface area contributed by atoms with Crippen LogP contribution in [0.5, 0.6) is 0 Å². The average molecular weight is 276 g/mol. The first-order chi connectivity index (χ1) is 9.49. The number of nitrogens with zero attached hydrogens (tertiary/aromatic N) is 2. The lowest BCUT2D eigenvalue weighted by Gasteiger charge is -2.11. The molecule has 6 nitrogen and oxygen atoms in total. The summed E-state index contributed by atoms with van der Waals surface area (Å²) in [5.74, 6) is 0.717. The van der Waals surface area contributed by atoms with Crippen molar-refractivity contribution in [3.63, 3.8) is 0 Å². The van der Waals surface area contributed by atoms with Crippen LogP contribution in [-0.2, 0) is 11.8 Å². The molecule has 6 heteroatoms. The van der Waals surface area contributed by atoms with Crippen LogP contribution < -0.4 is 10.6 Å². The Morgan fingerprint density at radius 2 is 2.25 bits per heavy atom. The molecule has 1 atom stereocenters. The standard InChI is InChI=1S/C14H20N4O2/c1-9(12-6-5-7-20-12)15-8-13(19)16-14-10(2)17-18(4)11(14)3/h5-7,9,15H,8H2,1-4H3,(H,16,19)/t9-/m1/s1. The molecule has 2 heterocycles. The van der Waals surface area contributed by atoms with Crippen molar-refractivity contribution in [1.29, 1.82) is 0 Å². The maximum Gasteiger partial charge on any atom is 0.238 e. The molecule has 0 aliphatic carbocycles. The van der Waals surface area contributed by atoms with Gasteiger partial charge in [-0.2, -0.15) is 5.10 Å². The molecule has 2 aromatic rings. The molecule has 0 radical (unpaired) electrons. The van der Waals surface area contributed by atoms with Crippen molar-refractivity contribution >= 4 is 11.6 Å². The third-order valence-electron chi connectivity index (χ3n) is 3.31. The number of hydrogen-bond donors (Lipinski definition) is 2. The summed E-state index contributed by atoms with van der Waals surface area (Å²) in [6.45, 7) is 5.97. The van der Waals surface area contributed by atoms with Crippen LogP contribution in [-0.4, -0.2) is 22.2 Å². The zero-order valence-corrected chi connectivity index (χ0v) is 12.2. The van der Waals surface area contributed by atoms with E-state index >= 15 is 0 Å². The number of aromatic nitrogens is 2. The fourth-order valence-electron chi connectivity index (χ4n) is 2.02. The van der Waals surface area contributed by atoms with Crippen LogP contribution in [0.2, 0.25) is 0 Å². The molecule has 0 aliphatic heterocycles. The van der Waals surface area contributed by atoms with Crippen LogP contribution in [0.3, 0.4) is 0 Å². The second kappa shape index (κ2) is 5.92. The zero-order valence-electron chi connectivity index (χ0n) is 12.2. The van der Waals surface area contributed by atoms with Gasteiger partial charge >= 0.3 is 0 Å². The average Bonchev–Trinajstić information content (AvgIpc) is 3.01. The molecule has 0 aromatic carbocycles. The van der Waals surface area contributed by atoms with Gasteiger partial charge in [0.2, 0.25) is 5.91 Å². The van der Waals surface area contributed by atoms with Crippen LogP contribution in [0.1, 0.15) is 30.1 Å². The third-order valence-corrected chi connectivity index (χ3v) is 3.31. The molecule has 2 aromatic heterocycles. The second-order valence-electron chi connectivity index (χ2n) is 4.84. The van der Waals surface area contributed by atoms with E-state index in [2.05, 4.69) is 15.7 Å². The van der Waals surface area contributed by atoms with E-state index < -0.39 is 0 Å². The first-order valence-corrected chi connectivity index (χ1v) is 6.56. The molecular weight excluding hydrogens is 256 g/mol. The van der Waals surface area contributed by atoms with E-state index in [0.29, 0.717) is 0 Å². The van der Waals surface area contributed by atoms with Gasteiger partial charge in [0.15, 0.2) is 0 Å². The van der Waals surface area contributed by atoms with E-state index in [1.54, 1.807) is 10.9 Å². The predicted molar refractivity (Wildman–Crippen MR) is 76.4 cm³/mol. The fraction of sp³-hybridized carbons (Fsp3) is 0.429. The number of rotatable bonds is 5. The highest BCUT2D eigenvalue weighted by atomic mass is 16.3. The van der Waals surface area contributed by atoms with Crippen LogP contribution in [0.25, 0.3) is 0 Å². The molecule has 108 valence electrons. The minimum atomic E-state index is -0.0948. The molecule has 20 heavy (non-hydrogen) atoms. The Hall–Kier alpha value is -2.08. The molecule has 2 N–H and O–H groups in total. The molecule has 0 unspecified atom stereocenters. The first kappa shape index (κ1) is 14.3. The van der Waals surface area contributed by atoms with Crippen LogP contribution in [0, 0.1) is 13.8 Å². The Morgan fingerprint density at radius 1 is 1.50 bits per heavy atom. The number of carbonyl (C=O) groups excluding carboxylic acids is 1. The Labute approximate surface area is 118 Å². The first-order valence-electron chi connectivity index (χ1n) is 6.56. The summed E-state index contributed by atoms with van der Waals surface area (Å²) in [4.78, 5) is 12.0. The maximum atomic E-state index is 12.0. The van der Waals surface area contributed by atoms with E-state index in [-0.39, 0.29) is 18.5 Å². The maximum absolute atomic E-state index is 12.0. The third kappa shape index (κ3) is 3.08. The molecule has 0 bridgehead atoms. The van der Waals surface area contributed by atoms with Gasteiger partial charge in [0, 0.05) is 7.05 Å². The van der Waals surface area contributed by atoms with E-state index in [0.717, 1.165) is 22.8 Å². The number of aryl methyl sites for hydroxylation is 2. The Kier molecular flexibility index (Phi) is 4.24. The monoisotopic (exact) mass is 276 g/mol. The lowest BCUT2D eigenvalue weighted by atomic mass is 10.2. The minimum absolute atomic E-state index is 0.00755. The fourth-order valence-corrected chi connectivity index (χ4v) is 2.02. The zero-order chi connectivity index (χ0) is 14.7. The highest BCUT2D eigenvalue weighted by Crippen LogP contribution is 2.18. The van der Waals surface area contributed by atoms with Gasteiger partial charge in [-0.25, -0.2) is 0 Å². The Balaban J connectivity index is 1.90. The van der Waals surface area contributed by atoms with Gasteiger partial charge in [-0.3, -0.25) is 14.8 Å². The molecule has 2 rings (SSSR count). The number of anilines is 1. The van der Waals surface area contributed by atoms with Gasteiger partial charge in [-0.05, 0) is 32.9 Å². The van der Waals surface area contributed by atoms with Crippen LogP contribution in [0.4, 0.5) is 5.69 Å². The molecular formula is C14H20N4O2. The minimum Gasteiger partial charge on any atom is -0.468 e. The molecule has 1 amide bonds. The summed E-state index contributed by atoms with van der Waals surface area (Å²) in [6.07, 6.45) is 1.62. The number of hydrogen-bond acceptors (Lipinski definition) is 4. The summed E-state index contributed by atoms with van der Waals surface area (Å²) in [6, 6.07) is 3.70. The number of carbonyl (C=O) groups is 1. The van der Waals surface area contributed by atoms with Crippen molar-refractivity contribution in [1.82, 2.24) is 15.1 Å².